The fourth-order valence-corrected chi connectivity index (χ4v) is 3.98. The Labute approximate surface area is 248 Å². The average molecular weight is 663 g/mol. The van der Waals surface area contributed by atoms with E-state index in [2.05, 4.69) is 28.1 Å². The molecule has 240 valence electrons. The molecular weight excluding hydrogens is 634 g/mol. The summed E-state index contributed by atoms with van der Waals surface area (Å²) in [5.74, 6) is -0.00276. The van der Waals surface area contributed by atoms with Gasteiger partial charge in [0.1, 0.15) is 11.5 Å². The number of hydrogen-bond donors (Lipinski definition) is 0. The highest BCUT2D eigenvalue weighted by atomic mass is 32.2. The lowest BCUT2D eigenvalue weighted by molar-refractivity contribution is -0.196. The SMILES string of the molecule is CCCOOSO/N=C(/c1ccc(OCCCOc2ccc(/C(=N/OS(=O)(=O)CCC)C(F)(F)F)cc2)cc1)C(F)(F)F. The Morgan fingerprint density at radius 2 is 1.23 bits per heavy atom. The van der Waals surface area contributed by atoms with Gasteiger partial charge in [0, 0.05) is 17.5 Å². The van der Waals surface area contributed by atoms with E-state index in [4.69, 9.17) is 9.47 Å². The molecule has 0 saturated heterocycles. The summed E-state index contributed by atoms with van der Waals surface area (Å²) in [7, 11) is -4.25. The lowest BCUT2D eigenvalue weighted by atomic mass is 10.1. The van der Waals surface area contributed by atoms with E-state index in [1.165, 1.54) is 31.2 Å². The second-order valence-corrected chi connectivity index (χ2v) is 10.4. The smallest absolute Gasteiger partial charge is 0.437 e. The summed E-state index contributed by atoms with van der Waals surface area (Å²) >= 11 is 0.135. The highest BCUT2D eigenvalue weighted by molar-refractivity contribution is 7.89. The van der Waals surface area contributed by atoms with Gasteiger partial charge in [-0.2, -0.15) is 34.8 Å². The van der Waals surface area contributed by atoms with Crippen LogP contribution in [0.5, 0.6) is 11.5 Å². The summed E-state index contributed by atoms with van der Waals surface area (Å²) in [4.78, 5) is 4.60. The molecule has 0 aromatic heterocycles. The molecule has 0 radical (unpaired) electrons. The minimum absolute atomic E-state index is 0.0972. The van der Waals surface area contributed by atoms with Crippen LogP contribution in [0.15, 0.2) is 58.8 Å². The van der Waals surface area contributed by atoms with Crippen molar-refractivity contribution in [3.8, 4) is 11.5 Å². The summed E-state index contributed by atoms with van der Waals surface area (Å²) in [5, 5.41) is 5.88. The van der Waals surface area contributed by atoms with Crippen LogP contribution in [-0.2, 0) is 27.9 Å². The summed E-state index contributed by atoms with van der Waals surface area (Å²) in [6.07, 6.45) is -8.70. The van der Waals surface area contributed by atoms with E-state index >= 15 is 0 Å². The standard InChI is InChI=1S/C25H28F6N2O8S2/c1-3-14-38-41-42-39-32-22(24(26,27)28)18-6-10-20(11-7-18)36-15-5-16-37-21-12-8-19(9-13-21)23(25(29,30)31)33-40-43(34,35)17-4-2/h6-13H,3-5,14-17H2,1-2H3/b32-22-,33-23-. The van der Waals surface area contributed by atoms with Gasteiger partial charge in [-0.3, -0.25) is 8.57 Å². The summed E-state index contributed by atoms with van der Waals surface area (Å²) in [6, 6.07) is 9.47. The third-order valence-electron chi connectivity index (χ3n) is 4.84. The molecular formula is C25H28F6N2O8S2. The first-order valence-corrected chi connectivity index (χ1v) is 14.8. The molecule has 0 N–H and O–H groups in total. The molecule has 2 rings (SSSR count). The van der Waals surface area contributed by atoms with E-state index in [1.54, 1.807) is 6.92 Å². The minimum atomic E-state index is -4.98. The number of alkyl halides is 6. The van der Waals surface area contributed by atoms with Gasteiger partial charge in [0.2, 0.25) is 0 Å². The van der Waals surface area contributed by atoms with Gasteiger partial charge in [0.25, 0.3) is 12.3 Å². The van der Waals surface area contributed by atoms with Crippen LogP contribution in [0.25, 0.3) is 0 Å². The molecule has 0 heterocycles. The maximum Gasteiger partial charge on any atom is 0.437 e. The van der Waals surface area contributed by atoms with Crippen LogP contribution in [0, 0.1) is 0 Å². The zero-order chi connectivity index (χ0) is 31.9. The number of hydrogen-bond acceptors (Lipinski definition) is 11. The van der Waals surface area contributed by atoms with E-state index in [1.807, 2.05) is 0 Å². The number of rotatable bonds is 18. The van der Waals surface area contributed by atoms with E-state index in [0.29, 0.717) is 12.8 Å². The van der Waals surface area contributed by atoms with Crippen LogP contribution in [0.2, 0.25) is 0 Å². The van der Waals surface area contributed by atoms with E-state index in [0.717, 1.165) is 24.3 Å². The molecule has 0 aliphatic rings. The van der Waals surface area contributed by atoms with Gasteiger partial charge in [-0.25, -0.2) is 4.89 Å². The molecule has 0 aliphatic heterocycles. The predicted octanol–water partition coefficient (Wildman–Crippen LogP) is 6.76. The predicted molar refractivity (Wildman–Crippen MR) is 145 cm³/mol. The molecule has 18 heteroatoms. The van der Waals surface area contributed by atoms with Crippen LogP contribution in [-0.4, -0.2) is 57.8 Å². The highest BCUT2D eigenvalue weighted by Gasteiger charge is 2.39. The molecule has 0 saturated carbocycles. The number of oxime groups is 2. The first kappa shape index (κ1) is 36.0. The Balaban J connectivity index is 1.87. The van der Waals surface area contributed by atoms with Crippen molar-refractivity contribution in [2.24, 2.45) is 10.3 Å². The zero-order valence-electron chi connectivity index (χ0n) is 22.8. The van der Waals surface area contributed by atoms with Crippen LogP contribution < -0.4 is 9.47 Å². The van der Waals surface area contributed by atoms with Crippen LogP contribution in [0.3, 0.4) is 0 Å². The van der Waals surface area contributed by atoms with Gasteiger partial charge in [-0.15, -0.1) is 4.33 Å². The molecule has 43 heavy (non-hydrogen) atoms. The Morgan fingerprint density at radius 3 is 1.67 bits per heavy atom. The summed E-state index contributed by atoms with van der Waals surface area (Å²) < 4.78 is 127. The van der Waals surface area contributed by atoms with Gasteiger partial charge in [-0.05, 0) is 61.4 Å². The lowest BCUT2D eigenvalue weighted by Crippen LogP contribution is -2.25. The lowest BCUT2D eigenvalue weighted by Gasteiger charge is -2.12. The van der Waals surface area contributed by atoms with Crippen molar-refractivity contribution in [2.45, 2.75) is 45.5 Å². The second-order valence-electron chi connectivity index (χ2n) is 8.34. The number of halogens is 6. The van der Waals surface area contributed by atoms with Crippen molar-refractivity contribution in [1.82, 2.24) is 0 Å². The summed E-state index contributed by atoms with van der Waals surface area (Å²) in [5.41, 5.74) is -3.54. The van der Waals surface area contributed by atoms with E-state index in [9.17, 15) is 34.8 Å². The molecule has 0 bridgehead atoms. The van der Waals surface area contributed by atoms with Crippen molar-refractivity contribution in [3.05, 3.63) is 59.7 Å². The fraction of sp³-hybridized carbons (Fsp3) is 0.440. The Bertz CT molecular complexity index is 1290. The number of nitrogens with zero attached hydrogens (tertiary/aromatic N) is 2. The summed E-state index contributed by atoms with van der Waals surface area (Å²) in [6.45, 7) is 3.76. The van der Waals surface area contributed by atoms with Gasteiger partial charge in [0.05, 0.1) is 25.6 Å². The molecule has 0 spiro atoms. The molecule has 2 aromatic carbocycles. The first-order valence-electron chi connectivity index (χ1n) is 12.6. The van der Waals surface area contributed by atoms with Crippen molar-refractivity contribution >= 4 is 33.9 Å². The number of ether oxygens (including phenoxy) is 2. The minimum Gasteiger partial charge on any atom is -0.493 e. The van der Waals surface area contributed by atoms with Gasteiger partial charge < -0.3 is 9.47 Å². The molecule has 0 fully saturated rings. The first-order chi connectivity index (χ1) is 20.3. The monoisotopic (exact) mass is 662 g/mol. The average Bonchev–Trinajstić information content (AvgIpc) is 2.92. The highest BCUT2D eigenvalue weighted by Crippen LogP contribution is 2.26. The zero-order valence-corrected chi connectivity index (χ0v) is 24.4. The van der Waals surface area contributed by atoms with Gasteiger partial charge in [0.15, 0.2) is 11.4 Å². The maximum absolute atomic E-state index is 13.4. The third kappa shape index (κ3) is 13.3. The quantitative estimate of drug-likeness (QED) is 0.0427. The van der Waals surface area contributed by atoms with E-state index < -0.39 is 45.2 Å². The maximum atomic E-state index is 13.4. The normalized spacial score (nSPS) is 13.1. The fourth-order valence-electron chi connectivity index (χ4n) is 2.98. The molecule has 2 aromatic rings. The second kappa shape index (κ2) is 17.2. The molecule has 0 amide bonds. The van der Waals surface area contributed by atoms with Crippen molar-refractivity contribution < 1.29 is 62.0 Å². The van der Waals surface area contributed by atoms with Crippen LogP contribution in [0.4, 0.5) is 26.3 Å². The molecule has 10 nitrogen and oxygen atoms in total. The molecule has 0 atom stereocenters. The van der Waals surface area contributed by atoms with Gasteiger partial charge >= 0.3 is 22.5 Å². The number of benzene rings is 2. The largest absolute Gasteiger partial charge is 0.493 e. The third-order valence-corrected chi connectivity index (χ3v) is 6.33. The van der Waals surface area contributed by atoms with Crippen LogP contribution in [0.1, 0.15) is 44.2 Å². The Morgan fingerprint density at radius 1 is 0.744 bits per heavy atom. The van der Waals surface area contributed by atoms with Crippen molar-refractivity contribution in [1.29, 1.82) is 0 Å². The Kier molecular flexibility index (Phi) is 14.4. The Hall–Kier alpha value is -3.22. The van der Waals surface area contributed by atoms with E-state index in [-0.39, 0.29) is 55.6 Å². The van der Waals surface area contributed by atoms with Crippen LogP contribution >= 0.6 is 12.3 Å². The topological polar surface area (TPSA) is 114 Å². The van der Waals surface area contributed by atoms with Crippen molar-refractivity contribution in [3.63, 3.8) is 0 Å². The molecule has 0 unspecified atom stereocenters. The van der Waals surface area contributed by atoms with Gasteiger partial charge in [-0.1, -0.05) is 24.2 Å². The molecule has 0 aliphatic carbocycles. The van der Waals surface area contributed by atoms with Crippen molar-refractivity contribution in [2.75, 3.05) is 25.6 Å².